The molecular weight excluding hydrogens is 340 g/mol. The Morgan fingerprint density at radius 1 is 1.35 bits per heavy atom. The molecule has 1 saturated heterocycles. The zero-order valence-corrected chi connectivity index (χ0v) is 13.5. The number of aromatic nitrogens is 2. The summed E-state index contributed by atoms with van der Waals surface area (Å²) in [4.78, 5) is 0. The second-order valence-electron chi connectivity index (χ2n) is 5.49. The highest BCUT2D eigenvalue weighted by atomic mass is 79.9. The summed E-state index contributed by atoms with van der Waals surface area (Å²) in [5, 5.41) is 4.38. The van der Waals surface area contributed by atoms with Gasteiger partial charge < -0.3 is 0 Å². The first-order chi connectivity index (χ1) is 9.40. The molecule has 0 N–H and O–H groups in total. The minimum absolute atomic E-state index is 0.164. The number of hydrogen-bond donors (Lipinski definition) is 0. The molecule has 1 aliphatic heterocycles. The molecule has 6 heteroatoms. The van der Waals surface area contributed by atoms with Crippen LogP contribution in [0.1, 0.15) is 13.3 Å². The summed E-state index contributed by atoms with van der Waals surface area (Å²) in [5.74, 6) is 0.408. The van der Waals surface area contributed by atoms with Crippen molar-refractivity contribution in [1.29, 1.82) is 0 Å². The van der Waals surface area contributed by atoms with Gasteiger partial charge in [-0.1, -0.05) is 34.1 Å². The van der Waals surface area contributed by atoms with Crippen LogP contribution in [-0.2, 0) is 15.4 Å². The first-order valence-corrected chi connectivity index (χ1v) is 9.02. The Balaban J connectivity index is 1.98. The van der Waals surface area contributed by atoms with Gasteiger partial charge in [-0.05, 0) is 25.0 Å². The zero-order valence-electron chi connectivity index (χ0n) is 11.1. The Morgan fingerprint density at radius 2 is 2.10 bits per heavy atom. The quantitative estimate of drug-likeness (QED) is 0.833. The van der Waals surface area contributed by atoms with Crippen LogP contribution in [0.2, 0.25) is 0 Å². The van der Waals surface area contributed by atoms with Gasteiger partial charge in [-0.25, -0.2) is 8.42 Å². The Kier molecular flexibility index (Phi) is 3.25. The van der Waals surface area contributed by atoms with Gasteiger partial charge in [0.1, 0.15) is 0 Å². The average molecular weight is 355 g/mol. The summed E-state index contributed by atoms with van der Waals surface area (Å²) >= 11 is 3.52. The van der Waals surface area contributed by atoms with E-state index in [0.717, 1.165) is 15.6 Å². The van der Waals surface area contributed by atoms with E-state index in [0.29, 0.717) is 6.42 Å². The molecule has 0 bridgehead atoms. The van der Waals surface area contributed by atoms with Crippen LogP contribution in [0.4, 0.5) is 0 Å². The summed E-state index contributed by atoms with van der Waals surface area (Å²) in [7, 11) is -2.94. The van der Waals surface area contributed by atoms with Gasteiger partial charge in [0.2, 0.25) is 0 Å². The molecule has 0 aliphatic carbocycles. The molecule has 1 aromatic heterocycles. The van der Waals surface area contributed by atoms with Crippen molar-refractivity contribution in [2.75, 3.05) is 11.5 Å². The Morgan fingerprint density at radius 3 is 2.75 bits per heavy atom. The van der Waals surface area contributed by atoms with Crippen LogP contribution in [0, 0.1) is 0 Å². The van der Waals surface area contributed by atoms with Crippen LogP contribution in [0.15, 0.2) is 41.1 Å². The van der Waals surface area contributed by atoms with E-state index in [9.17, 15) is 8.42 Å². The molecule has 2 heterocycles. The van der Waals surface area contributed by atoms with E-state index in [1.165, 1.54) is 0 Å². The maximum Gasteiger partial charge on any atom is 0.152 e. The molecule has 1 aliphatic rings. The van der Waals surface area contributed by atoms with Gasteiger partial charge in [-0.15, -0.1) is 0 Å². The Labute approximate surface area is 126 Å². The van der Waals surface area contributed by atoms with Crippen molar-refractivity contribution in [1.82, 2.24) is 9.78 Å². The third-order valence-corrected chi connectivity index (χ3v) is 6.38. The van der Waals surface area contributed by atoms with Crippen LogP contribution >= 0.6 is 15.9 Å². The molecule has 0 saturated carbocycles. The number of benzene rings is 1. The standard InChI is InChI=1S/C14H15BrN2O2S/c1-14(6-7-20(18,19)10-14)17-9-11(8-16-17)12-4-2-3-5-13(12)15/h2-5,8-9H,6-7,10H2,1H3. The van der Waals surface area contributed by atoms with Gasteiger partial charge in [0.25, 0.3) is 0 Å². The fraction of sp³-hybridized carbons (Fsp3) is 0.357. The molecule has 106 valence electrons. The van der Waals surface area contributed by atoms with Crippen molar-refractivity contribution in [3.8, 4) is 11.1 Å². The number of nitrogens with zero attached hydrogens (tertiary/aromatic N) is 2. The van der Waals surface area contributed by atoms with Gasteiger partial charge in [-0.2, -0.15) is 5.10 Å². The predicted molar refractivity (Wildman–Crippen MR) is 82.3 cm³/mol. The summed E-state index contributed by atoms with van der Waals surface area (Å²) in [6.07, 6.45) is 4.34. The minimum Gasteiger partial charge on any atom is -0.265 e. The number of halogens is 1. The van der Waals surface area contributed by atoms with Crippen LogP contribution < -0.4 is 0 Å². The molecular formula is C14H15BrN2O2S. The van der Waals surface area contributed by atoms with Gasteiger partial charge >= 0.3 is 0 Å². The molecule has 1 aromatic carbocycles. The monoisotopic (exact) mass is 354 g/mol. The van der Waals surface area contributed by atoms with E-state index < -0.39 is 15.4 Å². The molecule has 1 unspecified atom stereocenters. The van der Waals surface area contributed by atoms with Crippen molar-refractivity contribution in [3.05, 3.63) is 41.1 Å². The topological polar surface area (TPSA) is 52.0 Å². The summed E-state index contributed by atoms with van der Waals surface area (Å²) in [6.45, 7) is 1.95. The van der Waals surface area contributed by atoms with Gasteiger partial charge in [0.05, 0.1) is 23.2 Å². The molecule has 2 aromatic rings. The predicted octanol–water partition coefficient (Wildman–Crippen LogP) is 2.85. The van der Waals surface area contributed by atoms with Crippen molar-refractivity contribution in [2.24, 2.45) is 0 Å². The van der Waals surface area contributed by atoms with Gasteiger partial charge in [0, 0.05) is 16.2 Å². The van der Waals surface area contributed by atoms with E-state index >= 15 is 0 Å². The lowest BCUT2D eigenvalue weighted by molar-refractivity contribution is 0.328. The van der Waals surface area contributed by atoms with E-state index in [-0.39, 0.29) is 11.5 Å². The third kappa shape index (κ3) is 2.42. The fourth-order valence-electron chi connectivity index (χ4n) is 2.63. The highest BCUT2D eigenvalue weighted by molar-refractivity contribution is 9.10. The lowest BCUT2D eigenvalue weighted by Gasteiger charge is -2.22. The van der Waals surface area contributed by atoms with Crippen LogP contribution in [0.25, 0.3) is 11.1 Å². The van der Waals surface area contributed by atoms with E-state index in [4.69, 9.17) is 0 Å². The molecule has 3 rings (SSSR count). The Hall–Kier alpha value is -1.14. The second-order valence-corrected chi connectivity index (χ2v) is 8.53. The van der Waals surface area contributed by atoms with Gasteiger partial charge in [0.15, 0.2) is 9.84 Å². The van der Waals surface area contributed by atoms with E-state index in [1.807, 2.05) is 37.4 Å². The lowest BCUT2D eigenvalue weighted by Crippen LogP contribution is -2.31. The highest BCUT2D eigenvalue weighted by Gasteiger charge is 2.40. The van der Waals surface area contributed by atoms with Crippen LogP contribution in [-0.4, -0.2) is 29.7 Å². The van der Waals surface area contributed by atoms with E-state index in [2.05, 4.69) is 21.0 Å². The second kappa shape index (κ2) is 4.70. The van der Waals surface area contributed by atoms with Crippen molar-refractivity contribution >= 4 is 25.8 Å². The lowest BCUT2D eigenvalue weighted by atomic mass is 10.0. The molecule has 0 spiro atoms. The number of rotatable bonds is 2. The summed E-state index contributed by atoms with van der Waals surface area (Å²) < 4.78 is 26.2. The fourth-order valence-corrected chi connectivity index (χ4v) is 5.26. The first kappa shape index (κ1) is 13.8. The Bertz CT molecular complexity index is 754. The summed E-state index contributed by atoms with van der Waals surface area (Å²) in [5.41, 5.74) is 1.62. The molecule has 20 heavy (non-hydrogen) atoms. The maximum atomic E-state index is 11.7. The molecule has 0 radical (unpaired) electrons. The molecule has 1 fully saturated rings. The third-order valence-electron chi connectivity index (χ3n) is 3.80. The molecule has 4 nitrogen and oxygen atoms in total. The SMILES string of the molecule is CC1(n2cc(-c3ccccc3Br)cn2)CCS(=O)(=O)C1. The first-order valence-electron chi connectivity index (χ1n) is 6.40. The van der Waals surface area contributed by atoms with Crippen molar-refractivity contribution in [3.63, 3.8) is 0 Å². The van der Waals surface area contributed by atoms with Crippen LogP contribution in [0.5, 0.6) is 0 Å². The van der Waals surface area contributed by atoms with E-state index in [1.54, 1.807) is 10.9 Å². The smallest absolute Gasteiger partial charge is 0.152 e. The molecule has 0 amide bonds. The molecule has 1 atom stereocenters. The van der Waals surface area contributed by atoms with Gasteiger partial charge in [-0.3, -0.25) is 4.68 Å². The largest absolute Gasteiger partial charge is 0.265 e. The van der Waals surface area contributed by atoms with Crippen LogP contribution in [0.3, 0.4) is 0 Å². The van der Waals surface area contributed by atoms with Crippen molar-refractivity contribution < 1.29 is 8.42 Å². The van der Waals surface area contributed by atoms with Crippen molar-refractivity contribution in [2.45, 2.75) is 18.9 Å². The number of hydrogen-bond acceptors (Lipinski definition) is 3. The maximum absolute atomic E-state index is 11.7. The number of sulfone groups is 1. The minimum atomic E-state index is -2.94. The highest BCUT2D eigenvalue weighted by Crippen LogP contribution is 2.33. The normalized spacial score (nSPS) is 24.9. The summed E-state index contributed by atoms with van der Waals surface area (Å²) in [6, 6.07) is 7.93. The zero-order chi connectivity index (χ0) is 14.4. The average Bonchev–Trinajstić information content (AvgIpc) is 2.96.